The summed E-state index contributed by atoms with van der Waals surface area (Å²) in [6.07, 6.45) is 1.66. The van der Waals surface area contributed by atoms with Crippen LogP contribution in [0.25, 0.3) is 5.69 Å². The number of benzene rings is 1. The van der Waals surface area contributed by atoms with Crippen LogP contribution in [0.5, 0.6) is 0 Å². The molecule has 0 radical (unpaired) electrons. The molecule has 3 rings (SSSR count). The molecule has 2 aromatic heterocycles. The molecular weight excluding hydrogens is 539 g/mol. The number of rotatable bonds is 7. The van der Waals surface area contributed by atoms with Crippen molar-refractivity contribution in [1.82, 2.24) is 15.2 Å². The molecule has 0 aliphatic carbocycles. The van der Waals surface area contributed by atoms with E-state index >= 15 is 0 Å². The van der Waals surface area contributed by atoms with E-state index in [4.69, 9.17) is 17.3 Å². The van der Waals surface area contributed by atoms with Crippen LogP contribution in [0, 0.1) is 0 Å². The van der Waals surface area contributed by atoms with Crippen LogP contribution < -0.4 is 21.9 Å². The van der Waals surface area contributed by atoms with Crippen LogP contribution in [0.2, 0.25) is 4.34 Å². The number of nitrogens with zero attached hydrogens (tertiary/aromatic N) is 1. The summed E-state index contributed by atoms with van der Waals surface area (Å²) >= 11 is 9.06. The molecule has 156 valence electrons. The Morgan fingerprint density at radius 1 is 1.10 bits per heavy atom. The van der Waals surface area contributed by atoms with Gasteiger partial charge in [-0.05, 0) is 42.5 Å². The fourth-order valence-corrected chi connectivity index (χ4v) is 3.98. The highest BCUT2D eigenvalue weighted by atomic mass is 127. The van der Waals surface area contributed by atoms with Gasteiger partial charge in [-0.1, -0.05) is 40.3 Å². The zero-order valence-corrected chi connectivity index (χ0v) is 19.3. The van der Waals surface area contributed by atoms with Crippen LogP contribution in [0.1, 0.15) is 20.0 Å². The molecule has 0 saturated heterocycles. The van der Waals surface area contributed by atoms with Crippen molar-refractivity contribution < 1.29 is 9.59 Å². The van der Waals surface area contributed by atoms with E-state index < -0.39 is 3.55 Å². The van der Waals surface area contributed by atoms with Gasteiger partial charge in [0.1, 0.15) is 3.55 Å². The van der Waals surface area contributed by atoms with E-state index in [-0.39, 0.29) is 30.5 Å². The number of carbonyl (C=O) groups is 2. The first-order chi connectivity index (χ1) is 14.3. The molecule has 0 aliphatic heterocycles. The monoisotopic (exact) mass is 556 g/mol. The maximum atomic E-state index is 12.5. The fraction of sp³-hybridized carbons (Fsp3) is 0.150. The summed E-state index contributed by atoms with van der Waals surface area (Å²) in [6, 6.07) is 14.8. The molecule has 0 fully saturated rings. The van der Waals surface area contributed by atoms with E-state index in [1.807, 2.05) is 22.6 Å². The molecule has 2 heterocycles. The third-order valence-electron chi connectivity index (χ3n) is 4.22. The molecule has 7 nitrogen and oxygen atoms in total. The second kappa shape index (κ2) is 9.73. The van der Waals surface area contributed by atoms with Gasteiger partial charge in [0.2, 0.25) is 0 Å². The number of carbonyl (C=O) groups excluding carboxylic acids is 2. The standard InChI is InChI=1S/C20H18ClIN4O3S/c21-16-9-8-15(30-16)19(29)25-20(22,11-23)12-24-18(28)13-4-6-14(7-5-13)26-10-2-1-3-17(26)27/h1-10H,11-12,23H2,(H,24,28)(H,25,29). The average molecular weight is 557 g/mol. The Kier molecular flexibility index (Phi) is 7.29. The van der Waals surface area contributed by atoms with Crippen LogP contribution in [-0.2, 0) is 0 Å². The normalized spacial score (nSPS) is 12.8. The summed E-state index contributed by atoms with van der Waals surface area (Å²) in [6.45, 7) is 0.252. The minimum atomic E-state index is -0.863. The topological polar surface area (TPSA) is 106 Å². The largest absolute Gasteiger partial charge is 0.349 e. The second-order valence-corrected chi connectivity index (χ2v) is 10.1. The van der Waals surface area contributed by atoms with Crippen LogP contribution in [-0.4, -0.2) is 33.0 Å². The molecule has 1 aromatic carbocycles. The first-order valence-electron chi connectivity index (χ1n) is 8.84. The summed E-state index contributed by atoms with van der Waals surface area (Å²) in [4.78, 5) is 37.3. The molecule has 0 saturated carbocycles. The second-order valence-electron chi connectivity index (χ2n) is 6.37. The van der Waals surface area contributed by atoms with Crippen molar-refractivity contribution in [1.29, 1.82) is 0 Å². The predicted molar refractivity (Wildman–Crippen MR) is 127 cm³/mol. The lowest BCUT2D eigenvalue weighted by Crippen LogP contribution is -2.55. The molecule has 0 spiro atoms. The van der Waals surface area contributed by atoms with Gasteiger partial charge >= 0.3 is 0 Å². The summed E-state index contributed by atoms with van der Waals surface area (Å²) in [7, 11) is 0. The van der Waals surface area contributed by atoms with E-state index in [2.05, 4.69) is 10.6 Å². The fourth-order valence-electron chi connectivity index (χ4n) is 2.61. The first kappa shape index (κ1) is 22.5. The van der Waals surface area contributed by atoms with E-state index in [0.29, 0.717) is 20.5 Å². The quantitative estimate of drug-likeness (QED) is 0.236. The van der Waals surface area contributed by atoms with Crippen molar-refractivity contribution in [3.8, 4) is 5.69 Å². The van der Waals surface area contributed by atoms with Crippen molar-refractivity contribution in [3.05, 3.63) is 85.9 Å². The Balaban J connectivity index is 1.64. The molecule has 1 atom stereocenters. The number of amides is 2. The number of hydrogen-bond acceptors (Lipinski definition) is 5. The molecule has 4 N–H and O–H groups in total. The van der Waals surface area contributed by atoms with Gasteiger partial charge in [0.15, 0.2) is 0 Å². The van der Waals surface area contributed by atoms with Gasteiger partial charge in [0, 0.05) is 30.1 Å². The van der Waals surface area contributed by atoms with Crippen LogP contribution in [0.3, 0.4) is 0 Å². The Hall–Kier alpha value is -2.21. The maximum Gasteiger partial charge on any atom is 0.262 e. The van der Waals surface area contributed by atoms with Crippen LogP contribution >= 0.6 is 45.5 Å². The minimum Gasteiger partial charge on any atom is -0.349 e. The van der Waals surface area contributed by atoms with E-state index in [1.165, 1.54) is 22.0 Å². The highest BCUT2D eigenvalue weighted by molar-refractivity contribution is 14.1. The lowest BCUT2D eigenvalue weighted by Gasteiger charge is -2.27. The third kappa shape index (κ3) is 5.48. The molecule has 30 heavy (non-hydrogen) atoms. The number of thiophene rings is 1. The minimum absolute atomic E-state index is 0.120. The van der Waals surface area contributed by atoms with E-state index in [1.54, 1.807) is 54.7 Å². The van der Waals surface area contributed by atoms with Gasteiger partial charge in [0.25, 0.3) is 17.4 Å². The summed E-state index contributed by atoms with van der Waals surface area (Å²) in [5.41, 5.74) is 6.76. The van der Waals surface area contributed by atoms with E-state index in [0.717, 1.165) is 0 Å². The number of nitrogens with two attached hydrogens (primary N) is 1. The number of aromatic nitrogens is 1. The summed E-state index contributed by atoms with van der Waals surface area (Å²) in [5, 5.41) is 5.63. The molecule has 10 heteroatoms. The van der Waals surface area contributed by atoms with Crippen molar-refractivity contribution >= 4 is 57.3 Å². The van der Waals surface area contributed by atoms with Gasteiger partial charge in [-0.15, -0.1) is 11.3 Å². The van der Waals surface area contributed by atoms with Gasteiger partial charge in [-0.3, -0.25) is 19.0 Å². The molecule has 2 amide bonds. The number of alkyl halides is 1. The van der Waals surface area contributed by atoms with Gasteiger partial charge in [0.05, 0.1) is 15.8 Å². The van der Waals surface area contributed by atoms with Gasteiger partial charge in [-0.25, -0.2) is 0 Å². The number of nitrogens with one attached hydrogen (secondary N) is 2. The molecule has 0 bridgehead atoms. The number of halogens is 2. The Morgan fingerprint density at radius 2 is 1.83 bits per heavy atom. The lowest BCUT2D eigenvalue weighted by atomic mass is 10.2. The molecular formula is C20H18ClIN4O3S. The maximum absolute atomic E-state index is 12.5. The highest BCUT2D eigenvalue weighted by Crippen LogP contribution is 2.23. The Morgan fingerprint density at radius 3 is 2.43 bits per heavy atom. The number of hydrogen-bond donors (Lipinski definition) is 3. The molecule has 0 aliphatic rings. The third-order valence-corrected chi connectivity index (χ3v) is 6.54. The SMILES string of the molecule is NCC(I)(CNC(=O)c1ccc(-n2ccccc2=O)cc1)NC(=O)c1ccc(Cl)s1. The first-order valence-corrected chi connectivity index (χ1v) is 11.1. The molecule has 3 aromatic rings. The Labute approximate surface area is 195 Å². The van der Waals surface area contributed by atoms with Gasteiger partial charge in [-0.2, -0.15) is 0 Å². The average Bonchev–Trinajstić information content (AvgIpc) is 3.19. The zero-order valence-electron chi connectivity index (χ0n) is 15.6. The van der Waals surface area contributed by atoms with Crippen LogP contribution in [0.15, 0.2) is 65.6 Å². The van der Waals surface area contributed by atoms with Crippen LogP contribution in [0.4, 0.5) is 0 Å². The van der Waals surface area contributed by atoms with Gasteiger partial charge < -0.3 is 16.4 Å². The summed E-state index contributed by atoms with van der Waals surface area (Å²) in [5.74, 6) is -0.622. The molecule has 1 unspecified atom stereocenters. The van der Waals surface area contributed by atoms with Crippen molar-refractivity contribution in [3.63, 3.8) is 0 Å². The predicted octanol–water partition coefficient (Wildman–Crippen LogP) is 2.80. The lowest BCUT2D eigenvalue weighted by molar-refractivity contribution is 0.0908. The Bertz CT molecular complexity index is 1120. The number of pyridine rings is 1. The van der Waals surface area contributed by atoms with E-state index in [9.17, 15) is 14.4 Å². The van der Waals surface area contributed by atoms with Crippen molar-refractivity contribution in [2.24, 2.45) is 5.73 Å². The summed E-state index contributed by atoms with van der Waals surface area (Å²) < 4.78 is 1.14. The smallest absolute Gasteiger partial charge is 0.262 e. The van der Waals surface area contributed by atoms with Crippen molar-refractivity contribution in [2.75, 3.05) is 13.1 Å². The zero-order chi connectivity index (χ0) is 21.7. The van der Waals surface area contributed by atoms with Crippen molar-refractivity contribution in [2.45, 2.75) is 3.55 Å². The highest BCUT2D eigenvalue weighted by Gasteiger charge is 2.28.